The SMILES string of the molecule is Cc1ccc(C(=O)N2CCCC(C(=O)NC(C)C(C)C(=O)O)C2)cc1. The lowest BCUT2D eigenvalue weighted by atomic mass is 9.95. The molecule has 2 N–H and O–H groups in total. The van der Waals surface area contributed by atoms with Crippen LogP contribution in [0.4, 0.5) is 0 Å². The number of nitrogens with one attached hydrogen (secondary N) is 1. The molecule has 1 aromatic carbocycles. The van der Waals surface area contributed by atoms with Crippen molar-refractivity contribution < 1.29 is 19.5 Å². The van der Waals surface area contributed by atoms with Crippen molar-refractivity contribution >= 4 is 17.8 Å². The van der Waals surface area contributed by atoms with E-state index in [0.717, 1.165) is 12.0 Å². The first-order chi connectivity index (χ1) is 11.8. The summed E-state index contributed by atoms with van der Waals surface area (Å²) in [5.41, 5.74) is 1.72. The van der Waals surface area contributed by atoms with E-state index in [9.17, 15) is 14.4 Å². The van der Waals surface area contributed by atoms with Crippen molar-refractivity contribution in [2.75, 3.05) is 13.1 Å². The number of amides is 2. The molecule has 0 aromatic heterocycles. The second-order valence-electron chi connectivity index (χ2n) is 6.88. The average Bonchev–Trinajstić information content (AvgIpc) is 2.61. The van der Waals surface area contributed by atoms with Crippen molar-refractivity contribution in [1.29, 1.82) is 0 Å². The van der Waals surface area contributed by atoms with E-state index in [0.29, 0.717) is 25.1 Å². The molecule has 1 aromatic rings. The van der Waals surface area contributed by atoms with Crippen LogP contribution in [-0.4, -0.2) is 46.9 Å². The van der Waals surface area contributed by atoms with Crippen LogP contribution in [0.1, 0.15) is 42.6 Å². The Labute approximate surface area is 148 Å². The van der Waals surface area contributed by atoms with Crippen LogP contribution in [-0.2, 0) is 9.59 Å². The third-order valence-corrected chi connectivity index (χ3v) is 4.89. The van der Waals surface area contributed by atoms with E-state index in [1.165, 1.54) is 0 Å². The molecule has 6 nitrogen and oxygen atoms in total. The van der Waals surface area contributed by atoms with Crippen LogP contribution in [0.2, 0.25) is 0 Å². The fourth-order valence-corrected chi connectivity index (χ4v) is 2.94. The fraction of sp³-hybridized carbons (Fsp3) is 0.526. The van der Waals surface area contributed by atoms with Crippen molar-refractivity contribution in [3.05, 3.63) is 35.4 Å². The van der Waals surface area contributed by atoms with Gasteiger partial charge in [-0.2, -0.15) is 0 Å². The van der Waals surface area contributed by atoms with Gasteiger partial charge >= 0.3 is 5.97 Å². The zero-order valence-corrected chi connectivity index (χ0v) is 15.0. The molecule has 1 fully saturated rings. The molecule has 3 unspecified atom stereocenters. The minimum Gasteiger partial charge on any atom is -0.481 e. The lowest BCUT2D eigenvalue weighted by Gasteiger charge is -2.33. The summed E-state index contributed by atoms with van der Waals surface area (Å²) in [5, 5.41) is 11.8. The van der Waals surface area contributed by atoms with E-state index < -0.39 is 17.9 Å². The molecule has 0 aliphatic carbocycles. The highest BCUT2D eigenvalue weighted by molar-refractivity contribution is 5.94. The number of piperidine rings is 1. The number of nitrogens with zero attached hydrogens (tertiary/aromatic N) is 1. The Morgan fingerprint density at radius 3 is 2.44 bits per heavy atom. The van der Waals surface area contributed by atoms with Gasteiger partial charge in [0, 0.05) is 24.7 Å². The smallest absolute Gasteiger partial charge is 0.308 e. The standard InChI is InChI=1S/C19H26N2O4/c1-12-6-8-15(9-7-12)18(23)21-10-4-5-16(11-21)17(22)20-14(3)13(2)19(24)25/h6-9,13-14,16H,4-5,10-11H2,1-3H3,(H,20,22)(H,24,25). The lowest BCUT2D eigenvalue weighted by molar-refractivity contribution is -0.142. The largest absolute Gasteiger partial charge is 0.481 e. The number of hydrogen-bond acceptors (Lipinski definition) is 3. The molecular formula is C19H26N2O4. The highest BCUT2D eigenvalue weighted by atomic mass is 16.4. The van der Waals surface area contributed by atoms with E-state index >= 15 is 0 Å². The molecule has 2 amide bonds. The van der Waals surface area contributed by atoms with Gasteiger partial charge in [-0.1, -0.05) is 17.7 Å². The van der Waals surface area contributed by atoms with E-state index in [1.54, 1.807) is 30.9 Å². The highest BCUT2D eigenvalue weighted by Gasteiger charge is 2.31. The van der Waals surface area contributed by atoms with Crippen LogP contribution in [0.25, 0.3) is 0 Å². The molecular weight excluding hydrogens is 320 g/mol. The Kier molecular flexibility index (Phi) is 6.17. The Balaban J connectivity index is 1.97. The number of likely N-dealkylation sites (tertiary alicyclic amines) is 1. The molecule has 25 heavy (non-hydrogen) atoms. The van der Waals surface area contributed by atoms with Crippen LogP contribution < -0.4 is 5.32 Å². The topological polar surface area (TPSA) is 86.7 Å². The molecule has 1 aliphatic rings. The number of hydrogen-bond donors (Lipinski definition) is 2. The molecule has 1 aliphatic heterocycles. The second kappa shape index (κ2) is 8.14. The number of carbonyl (C=O) groups excluding carboxylic acids is 2. The maximum absolute atomic E-state index is 12.6. The summed E-state index contributed by atoms with van der Waals surface area (Å²) in [6.07, 6.45) is 1.47. The van der Waals surface area contributed by atoms with E-state index in [4.69, 9.17) is 5.11 Å². The van der Waals surface area contributed by atoms with E-state index in [1.807, 2.05) is 19.1 Å². The van der Waals surface area contributed by atoms with Gasteiger partial charge in [0.05, 0.1) is 11.8 Å². The lowest BCUT2D eigenvalue weighted by Crippen LogP contribution is -2.48. The summed E-state index contributed by atoms with van der Waals surface area (Å²) in [5.74, 6) is -2.14. The molecule has 3 atom stereocenters. The molecule has 2 rings (SSSR count). The van der Waals surface area contributed by atoms with Gasteiger partial charge in [0.25, 0.3) is 5.91 Å². The first-order valence-corrected chi connectivity index (χ1v) is 8.68. The number of aliphatic carboxylic acids is 1. The van der Waals surface area contributed by atoms with Crippen LogP contribution in [0.3, 0.4) is 0 Å². The Morgan fingerprint density at radius 1 is 1.20 bits per heavy atom. The van der Waals surface area contributed by atoms with Gasteiger partial charge < -0.3 is 15.3 Å². The van der Waals surface area contributed by atoms with Gasteiger partial charge in [-0.3, -0.25) is 14.4 Å². The van der Waals surface area contributed by atoms with Crippen molar-refractivity contribution in [3.8, 4) is 0 Å². The molecule has 136 valence electrons. The van der Waals surface area contributed by atoms with Crippen molar-refractivity contribution in [2.45, 2.75) is 39.7 Å². The zero-order valence-electron chi connectivity index (χ0n) is 15.0. The summed E-state index contributed by atoms with van der Waals surface area (Å²) >= 11 is 0. The van der Waals surface area contributed by atoms with E-state index in [2.05, 4.69) is 5.32 Å². The summed E-state index contributed by atoms with van der Waals surface area (Å²) in [6.45, 7) is 6.23. The van der Waals surface area contributed by atoms with Gasteiger partial charge in [-0.05, 0) is 45.7 Å². The summed E-state index contributed by atoms with van der Waals surface area (Å²) in [6, 6.07) is 6.95. The van der Waals surface area contributed by atoms with Gasteiger partial charge in [0.15, 0.2) is 0 Å². The average molecular weight is 346 g/mol. The monoisotopic (exact) mass is 346 g/mol. The molecule has 0 spiro atoms. The van der Waals surface area contributed by atoms with E-state index in [-0.39, 0.29) is 17.7 Å². The second-order valence-corrected chi connectivity index (χ2v) is 6.88. The van der Waals surface area contributed by atoms with Gasteiger partial charge in [0.2, 0.25) is 5.91 Å². The molecule has 1 heterocycles. The minimum atomic E-state index is -0.937. The molecule has 1 saturated heterocycles. The zero-order chi connectivity index (χ0) is 18.6. The number of benzene rings is 1. The maximum atomic E-state index is 12.6. The van der Waals surface area contributed by atoms with Gasteiger partial charge in [-0.25, -0.2) is 0 Å². The number of carbonyl (C=O) groups is 3. The van der Waals surface area contributed by atoms with Crippen LogP contribution in [0.5, 0.6) is 0 Å². The number of carboxylic acid groups (broad SMARTS) is 1. The minimum absolute atomic E-state index is 0.0653. The van der Waals surface area contributed by atoms with Crippen LogP contribution >= 0.6 is 0 Å². The summed E-state index contributed by atoms with van der Waals surface area (Å²) in [7, 11) is 0. The molecule has 6 heteroatoms. The van der Waals surface area contributed by atoms with Gasteiger partial charge in [0.1, 0.15) is 0 Å². The van der Waals surface area contributed by atoms with Gasteiger partial charge in [-0.15, -0.1) is 0 Å². The first kappa shape index (κ1) is 19.0. The number of aryl methyl sites for hydroxylation is 1. The Hall–Kier alpha value is -2.37. The third kappa shape index (κ3) is 4.81. The van der Waals surface area contributed by atoms with Crippen molar-refractivity contribution in [2.24, 2.45) is 11.8 Å². The highest BCUT2D eigenvalue weighted by Crippen LogP contribution is 2.20. The fourth-order valence-electron chi connectivity index (χ4n) is 2.94. The Morgan fingerprint density at radius 2 is 1.84 bits per heavy atom. The predicted molar refractivity (Wildman–Crippen MR) is 94.2 cm³/mol. The quantitative estimate of drug-likeness (QED) is 0.854. The molecule has 0 saturated carbocycles. The summed E-state index contributed by atoms with van der Waals surface area (Å²) < 4.78 is 0. The predicted octanol–water partition coefficient (Wildman–Crippen LogP) is 2.07. The molecule has 0 bridgehead atoms. The van der Waals surface area contributed by atoms with Crippen LogP contribution in [0, 0.1) is 18.8 Å². The first-order valence-electron chi connectivity index (χ1n) is 8.68. The van der Waals surface area contributed by atoms with Crippen molar-refractivity contribution in [1.82, 2.24) is 10.2 Å². The third-order valence-electron chi connectivity index (χ3n) is 4.89. The Bertz CT molecular complexity index is 641. The molecule has 0 radical (unpaired) electrons. The number of carboxylic acids is 1. The maximum Gasteiger partial charge on any atom is 0.308 e. The van der Waals surface area contributed by atoms with Crippen LogP contribution in [0.15, 0.2) is 24.3 Å². The summed E-state index contributed by atoms with van der Waals surface area (Å²) in [4.78, 5) is 37.8. The normalized spacial score (nSPS) is 19.8. The van der Waals surface area contributed by atoms with Crippen molar-refractivity contribution in [3.63, 3.8) is 0 Å². The number of rotatable bonds is 5.